The van der Waals surface area contributed by atoms with Crippen LogP contribution >= 0.6 is 11.8 Å². The quantitative estimate of drug-likeness (QED) is 0.262. The number of nitrogens with one attached hydrogen (secondary N) is 1. The Hall–Kier alpha value is -2.79. The van der Waals surface area contributed by atoms with Gasteiger partial charge in [0.15, 0.2) is 0 Å². The number of thioether (sulfide) groups is 1. The highest BCUT2D eigenvalue weighted by atomic mass is 32.2. The van der Waals surface area contributed by atoms with Crippen molar-refractivity contribution in [2.45, 2.75) is 75.5 Å². The molecule has 4 rings (SSSR count). The molecule has 3 N–H and O–H groups in total. The first-order valence-corrected chi connectivity index (χ1v) is 13.7. The summed E-state index contributed by atoms with van der Waals surface area (Å²) in [6.07, 6.45) is 7.11. The monoisotopic (exact) mass is 490 g/mol. The van der Waals surface area contributed by atoms with Gasteiger partial charge in [-0.3, -0.25) is 0 Å². The highest BCUT2D eigenvalue weighted by Gasteiger charge is 2.24. The number of anilines is 4. The molecule has 35 heavy (non-hydrogen) atoms. The summed E-state index contributed by atoms with van der Waals surface area (Å²) in [6.45, 7) is 6.60. The van der Waals surface area contributed by atoms with Crippen LogP contribution in [0.2, 0.25) is 0 Å². The van der Waals surface area contributed by atoms with Crippen LogP contribution in [0.25, 0.3) is 0 Å². The molecule has 1 fully saturated rings. The highest BCUT2D eigenvalue weighted by molar-refractivity contribution is 8.00. The van der Waals surface area contributed by atoms with Crippen LogP contribution in [0, 0.1) is 5.92 Å². The smallest absolute Gasteiger partial charge is 0.140 e. The van der Waals surface area contributed by atoms with E-state index in [-0.39, 0.29) is 17.5 Å². The summed E-state index contributed by atoms with van der Waals surface area (Å²) in [4.78, 5) is 2.92. The fourth-order valence-electron chi connectivity index (χ4n) is 5.01. The molecule has 0 amide bonds. The summed E-state index contributed by atoms with van der Waals surface area (Å²) >= 11 is 1.71. The molecule has 1 unspecified atom stereocenters. The van der Waals surface area contributed by atoms with E-state index in [4.69, 9.17) is 0 Å². The van der Waals surface area contributed by atoms with Gasteiger partial charge in [-0.2, -0.15) is 0 Å². The molecule has 1 aliphatic carbocycles. The van der Waals surface area contributed by atoms with E-state index in [2.05, 4.69) is 55.3 Å². The lowest BCUT2D eigenvalue weighted by atomic mass is 10.0. The predicted molar refractivity (Wildman–Crippen MR) is 150 cm³/mol. The van der Waals surface area contributed by atoms with Crippen LogP contribution in [-0.4, -0.2) is 21.5 Å². The number of hydrogen-bond donors (Lipinski definition) is 3. The zero-order chi connectivity index (χ0) is 24.8. The van der Waals surface area contributed by atoms with Crippen molar-refractivity contribution in [3.63, 3.8) is 0 Å². The maximum Gasteiger partial charge on any atom is 0.140 e. The maximum absolute atomic E-state index is 11.1. The van der Waals surface area contributed by atoms with Crippen LogP contribution in [0.1, 0.15) is 59.3 Å². The second-order valence-corrected chi connectivity index (χ2v) is 11.4. The minimum absolute atomic E-state index is 0.144. The maximum atomic E-state index is 11.1. The third kappa shape index (κ3) is 6.66. The Morgan fingerprint density at radius 3 is 2.17 bits per heavy atom. The van der Waals surface area contributed by atoms with Gasteiger partial charge in [0.2, 0.25) is 0 Å². The highest BCUT2D eigenvalue weighted by Crippen LogP contribution is 2.45. The van der Waals surface area contributed by atoms with E-state index in [0.29, 0.717) is 16.9 Å². The Morgan fingerprint density at radius 1 is 0.857 bits per heavy atom. The molecule has 0 bridgehead atoms. The Morgan fingerprint density at radius 2 is 1.51 bits per heavy atom. The van der Waals surface area contributed by atoms with Gasteiger partial charge in [-0.1, -0.05) is 51.3 Å². The first kappa shape index (κ1) is 25.3. The lowest BCUT2D eigenvalue weighted by molar-refractivity contribution is 0.444. The molecule has 1 saturated carbocycles. The van der Waals surface area contributed by atoms with Gasteiger partial charge in [-0.05, 0) is 74.6 Å². The van der Waals surface area contributed by atoms with Gasteiger partial charge in [0.05, 0.1) is 10.6 Å². The molecule has 186 valence electrons. The van der Waals surface area contributed by atoms with E-state index in [9.17, 15) is 10.2 Å². The van der Waals surface area contributed by atoms with Crippen molar-refractivity contribution in [2.75, 3.05) is 10.2 Å². The van der Waals surface area contributed by atoms with Crippen LogP contribution in [0.15, 0.2) is 71.6 Å². The van der Waals surface area contributed by atoms with E-state index in [1.54, 1.807) is 23.9 Å². The van der Waals surface area contributed by atoms with E-state index >= 15 is 0 Å². The lowest BCUT2D eigenvalue weighted by Gasteiger charge is -2.33. The van der Waals surface area contributed by atoms with Gasteiger partial charge in [0, 0.05) is 34.4 Å². The Balaban J connectivity index is 1.61. The zero-order valence-corrected chi connectivity index (χ0v) is 21.9. The van der Waals surface area contributed by atoms with E-state index in [0.717, 1.165) is 28.4 Å². The largest absolute Gasteiger partial charge is 0.507 e. The molecule has 0 aliphatic heterocycles. The van der Waals surface area contributed by atoms with E-state index in [1.165, 1.54) is 32.1 Å². The normalized spacial score (nSPS) is 15.2. The Bertz CT molecular complexity index is 1080. The fourth-order valence-corrected chi connectivity index (χ4v) is 6.30. The average Bonchev–Trinajstić information content (AvgIpc) is 2.84. The molecule has 4 nitrogen and oxygen atoms in total. The predicted octanol–water partition coefficient (Wildman–Crippen LogP) is 8.84. The summed E-state index contributed by atoms with van der Waals surface area (Å²) in [5.74, 6) is 0.962. The van der Waals surface area contributed by atoms with Gasteiger partial charge in [-0.15, -0.1) is 11.8 Å². The second-order valence-electron chi connectivity index (χ2n) is 10.1. The minimum Gasteiger partial charge on any atom is -0.507 e. The molecule has 0 spiro atoms. The molecular formula is C30H38N2O2S. The number of hydrogen-bond acceptors (Lipinski definition) is 5. The lowest BCUT2D eigenvalue weighted by Crippen LogP contribution is -2.29. The summed E-state index contributed by atoms with van der Waals surface area (Å²) in [6, 6.07) is 22.0. The fraction of sp³-hybridized carbons (Fsp3) is 0.400. The topological polar surface area (TPSA) is 55.7 Å². The molecule has 1 aliphatic rings. The molecule has 1 atom stereocenters. The number of rotatable bonds is 9. The Kier molecular flexibility index (Phi) is 8.50. The van der Waals surface area contributed by atoms with E-state index in [1.807, 2.05) is 30.3 Å². The summed E-state index contributed by atoms with van der Waals surface area (Å²) in [7, 11) is 0. The summed E-state index contributed by atoms with van der Waals surface area (Å²) < 4.78 is 0. The molecule has 0 heterocycles. The summed E-state index contributed by atoms with van der Waals surface area (Å²) in [5.41, 5.74) is 3.67. The molecule has 0 aromatic heterocycles. The molecule has 5 heteroatoms. The number of para-hydroxylation sites is 1. The van der Waals surface area contributed by atoms with Gasteiger partial charge in [-0.25, -0.2) is 0 Å². The standard InChI is InChI=1S/C30H38N2O2S/c1-21(2)18-22(3)32(25-16-14-24(15-17-25)31-23-10-6-4-7-11-23)27-19-29(34)30(20-28(27)33)35-26-12-8-5-9-13-26/h4,6-7,10-11,14-17,19-22,26,31,33-34H,5,8-9,12-13,18H2,1-3H3. The van der Waals surface area contributed by atoms with Crippen molar-refractivity contribution in [2.24, 2.45) is 5.92 Å². The number of phenolic OH excluding ortho intramolecular Hbond substituents is 2. The van der Waals surface area contributed by atoms with Crippen LogP contribution in [0.3, 0.4) is 0 Å². The molecule has 0 saturated heterocycles. The van der Waals surface area contributed by atoms with Crippen molar-refractivity contribution in [1.29, 1.82) is 0 Å². The first-order chi connectivity index (χ1) is 16.9. The third-order valence-electron chi connectivity index (χ3n) is 6.62. The molecule has 3 aromatic rings. The zero-order valence-electron chi connectivity index (χ0n) is 21.1. The van der Waals surface area contributed by atoms with Crippen molar-refractivity contribution in [1.82, 2.24) is 0 Å². The number of phenols is 2. The average molecular weight is 491 g/mol. The number of nitrogens with zero attached hydrogens (tertiary/aromatic N) is 1. The van der Waals surface area contributed by atoms with Gasteiger partial charge in [0.1, 0.15) is 11.5 Å². The first-order valence-electron chi connectivity index (χ1n) is 12.8. The van der Waals surface area contributed by atoms with Crippen LogP contribution in [0.4, 0.5) is 22.7 Å². The third-order valence-corrected chi connectivity index (χ3v) is 8.01. The molecule has 0 radical (unpaired) electrons. The van der Waals surface area contributed by atoms with Crippen molar-refractivity contribution >= 4 is 34.5 Å². The van der Waals surface area contributed by atoms with E-state index < -0.39 is 0 Å². The summed E-state index contributed by atoms with van der Waals surface area (Å²) in [5, 5.41) is 26.0. The van der Waals surface area contributed by atoms with Crippen molar-refractivity contribution < 1.29 is 10.2 Å². The van der Waals surface area contributed by atoms with Crippen LogP contribution in [-0.2, 0) is 0 Å². The van der Waals surface area contributed by atoms with Gasteiger partial charge < -0.3 is 20.4 Å². The van der Waals surface area contributed by atoms with Crippen molar-refractivity contribution in [3.8, 4) is 11.5 Å². The van der Waals surface area contributed by atoms with Gasteiger partial charge in [0.25, 0.3) is 0 Å². The number of benzene rings is 3. The Labute approximate surface area is 214 Å². The number of aromatic hydroxyl groups is 2. The second kappa shape index (κ2) is 11.8. The van der Waals surface area contributed by atoms with Gasteiger partial charge >= 0.3 is 0 Å². The SMILES string of the molecule is CC(C)CC(C)N(c1ccc(Nc2ccccc2)cc1)c1cc(O)c(SC2CCCCC2)cc1O. The van der Waals surface area contributed by atoms with Crippen LogP contribution in [0.5, 0.6) is 11.5 Å². The molecular weight excluding hydrogens is 452 g/mol. The van der Waals surface area contributed by atoms with Crippen molar-refractivity contribution in [3.05, 3.63) is 66.7 Å². The van der Waals surface area contributed by atoms with Crippen LogP contribution < -0.4 is 10.2 Å². The minimum atomic E-state index is 0.144. The molecule has 3 aromatic carbocycles.